The maximum absolute atomic E-state index is 11.6. The van der Waals surface area contributed by atoms with E-state index < -0.39 is 9.84 Å². The number of rotatable bonds is 8. The fraction of sp³-hybridized carbons (Fsp3) is 0.708. The van der Waals surface area contributed by atoms with Crippen LogP contribution in [0.2, 0.25) is 5.31 Å². The van der Waals surface area contributed by atoms with Gasteiger partial charge in [0.05, 0.1) is 11.5 Å². The standard InChI is InChI=1S/C24H35BN4O4S/c1-34(30,31)19-7-8-21(26-16-19)32-14-11-24(25)15-20(24)17-9-12-29(13-10-17)23-27-22(33-28-23)18-5-3-2-4-6-18/h7-8,16-18,20H,2-6,9-15,25H2,1H3. The molecule has 5 rings (SSSR count). The number of aromatic nitrogens is 3. The summed E-state index contributed by atoms with van der Waals surface area (Å²) in [6, 6.07) is 3.19. The van der Waals surface area contributed by atoms with Crippen LogP contribution >= 0.6 is 0 Å². The number of nitrogens with zero attached hydrogens (tertiary/aromatic N) is 4. The molecule has 10 heteroatoms. The Labute approximate surface area is 203 Å². The molecule has 2 aromatic heterocycles. The summed E-state index contributed by atoms with van der Waals surface area (Å²) in [5, 5.41) is 4.62. The fourth-order valence-corrected chi connectivity index (χ4v) is 6.46. The van der Waals surface area contributed by atoms with E-state index in [1.807, 2.05) is 0 Å². The molecule has 1 aliphatic heterocycles. The molecule has 0 N–H and O–H groups in total. The Hall–Kier alpha value is -2.10. The van der Waals surface area contributed by atoms with E-state index in [9.17, 15) is 8.42 Å². The van der Waals surface area contributed by atoms with Crippen LogP contribution in [-0.4, -0.2) is 57.3 Å². The summed E-state index contributed by atoms with van der Waals surface area (Å²) in [5.41, 5.74) is 0. The molecule has 184 valence electrons. The predicted molar refractivity (Wildman–Crippen MR) is 132 cm³/mol. The second-order valence-electron chi connectivity index (χ2n) is 10.8. The average molecular weight is 486 g/mol. The molecule has 0 bridgehead atoms. The van der Waals surface area contributed by atoms with E-state index in [1.165, 1.54) is 63.8 Å². The van der Waals surface area contributed by atoms with Gasteiger partial charge in [0.15, 0.2) is 9.84 Å². The lowest BCUT2D eigenvalue weighted by Crippen LogP contribution is -2.35. The number of pyridine rings is 1. The van der Waals surface area contributed by atoms with Crippen molar-refractivity contribution < 1.29 is 17.7 Å². The van der Waals surface area contributed by atoms with Crippen LogP contribution in [0.5, 0.6) is 5.88 Å². The van der Waals surface area contributed by atoms with Gasteiger partial charge in [-0.05, 0) is 55.2 Å². The van der Waals surface area contributed by atoms with Crippen LogP contribution in [0.3, 0.4) is 0 Å². The first-order valence-electron chi connectivity index (χ1n) is 12.7. The number of anilines is 1. The summed E-state index contributed by atoms with van der Waals surface area (Å²) in [6.07, 6.45) is 13.3. The van der Waals surface area contributed by atoms with Gasteiger partial charge in [0.1, 0.15) is 7.85 Å². The lowest BCUT2D eigenvalue weighted by atomic mass is 9.74. The van der Waals surface area contributed by atoms with Crippen LogP contribution in [0.25, 0.3) is 0 Å². The fourth-order valence-electron chi connectivity index (χ4n) is 5.90. The van der Waals surface area contributed by atoms with Crippen molar-refractivity contribution in [2.75, 3.05) is 30.9 Å². The van der Waals surface area contributed by atoms with Gasteiger partial charge in [-0.2, -0.15) is 4.98 Å². The molecule has 2 saturated carbocycles. The molecule has 0 aromatic carbocycles. The Morgan fingerprint density at radius 3 is 2.62 bits per heavy atom. The molecule has 0 spiro atoms. The van der Waals surface area contributed by atoms with Gasteiger partial charge in [0.25, 0.3) is 5.95 Å². The minimum atomic E-state index is -3.23. The lowest BCUT2D eigenvalue weighted by Gasteiger charge is -2.32. The average Bonchev–Trinajstić information content (AvgIpc) is 3.27. The molecule has 3 aliphatic rings. The van der Waals surface area contributed by atoms with Crippen molar-refractivity contribution in [3.63, 3.8) is 0 Å². The molecule has 2 unspecified atom stereocenters. The van der Waals surface area contributed by atoms with Crippen molar-refractivity contribution >= 4 is 23.6 Å². The van der Waals surface area contributed by atoms with Crippen LogP contribution < -0.4 is 9.64 Å². The van der Waals surface area contributed by atoms with Crippen molar-refractivity contribution in [3.05, 3.63) is 24.2 Å². The van der Waals surface area contributed by atoms with Gasteiger partial charge in [-0.25, -0.2) is 13.4 Å². The van der Waals surface area contributed by atoms with Gasteiger partial charge < -0.3 is 14.2 Å². The zero-order valence-electron chi connectivity index (χ0n) is 20.3. The van der Waals surface area contributed by atoms with Gasteiger partial charge >= 0.3 is 0 Å². The van der Waals surface area contributed by atoms with E-state index in [-0.39, 0.29) is 4.90 Å². The van der Waals surface area contributed by atoms with Gasteiger partial charge in [-0.3, -0.25) is 0 Å². The van der Waals surface area contributed by atoms with Crippen LogP contribution in [0.15, 0.2) is 27.7 Å². The van der Waals surface area contributed by atoms with Gasteiger partial charge in [0.2, 0.25) is 11.8 Å². The van der Waals surface area contributed by atoms with Gasteiger partial charge in [-0.1, -0.05) is 31.0 Å². The maximum atomic E-state index is 11.6. The third-order valence-corrected chi connectivity index (χ3v) is 9.36. The SMILES string of the molecule is BC1(CCOc2ccc(S(C)(=O)=O)cn2)CC1C1CCN(c2noc(C3CCCCC3)n2)CC1. The lowest BCUT2D eigenvalue weighted by molar-refractivity contribution is 0.279. The minimum Gasteiger partial charge on any atom is -0.478 e. The highest BCUT2D eigenvalue weighted by atomic mass is 32.2. The highest BCUT2D eigenvalue weighted by Gasteiger charge is 2.53. The smallest absolute Gasteiger partial charge is 0.266 e. The van der Waals surface area contributed by atoms with Crippen molar-refractivity contribution in [2.45, 2.75) is 73.9 Å². The molecule has 0 amide bonds. The molecule has 34 heavy (non-hydrogen) atoms. The van der Waals surface area contributed by atoms with E-state index >= 15 is 0 Å². The molecular formula is C24H35BN4O4S. The molecular weight excluding hydrogens is 451 g/mol. The first-order valence-corrected chi connectivity index (χ1v) is 14.6. The van der Waals surface area contributed by atoms with Crippen LogP contribution in [0.1, 0.15) is 69.6 Å². The summed E-state index contributed by atoms with van der Waals surface area (Å²) in [7, 11) is -0.869. The largest absolute Gasteiger partial charge is 0.478 e. The van der Waals surface area contributed by atoms with Crippen molar-refractivity contribution in [1.29, 1.82) is 0 Å². The van der Waals surface area contributed by atoms with E-state index in [0.29, 0.717) is 23.7 Å². The number of sulfone groups is 1. The number of ether oxygens (including phenoxy) is 1. The Balaban J connectivity index is 1.06. The first kappa shape index (κ1) is 23.6. The third kappa shape index (κ3) is 5.26. The van der Waals surface area contributed by atoms with Crippen LogP contribution in [0, 0.1) is 11.8 Å². The Morgan fingerprint density at radius 1 is 1.18 bits per heavy atom. The second kappa shape index (κ2) is 9.51. The normalized spacial score (nSPS) is 26.5. The van der Waals surface area contributed by atoms with Crippen molar-refractivity contribution in [1.82, 2.24) is 15.1 Å². The molecule has 0 radical (unpaired) electrons. The number of hydrogen-bond acceptors (Lipinski definition) is 8. The third-order valence-electron chi connectivity index (χ3n) is 8.26. The van der Waals surface area contributed by atoms with E-state index in [4.69, 9.17) is 14.2 Å². The zero-order valence-corrected chi connectivity index (χ0v) is 21.1. The van der Waals surface area contributed by atoms with Crippen LogP contribution in [0.4, 0.5) is 5.95 Å². The molecule has 1 saturated heterocycles. The monoisotopic (exact) mass is 486 g/mol. The number of piperidine rings is 1. The Kier molecular flexibility index (Phi) is 6.61. The Bertz CT molecular complexity index is 1080. The minimum absolute atomic E-state index is 0.214. The second-order valence-corrected chi connectivity index (χ2v) is 12.8. The summed E-state index contributed by atoms with van der Waals surface area (Å²) < 4.78 is 34.6. The molecule has 2 aliphatic carbocycles. The predicted octanol–water partition coefficient (Wildman–Crippen LogP) is 3.41. The summed E-state index contributed by atoms with van der Waals surface area (Å²) in [6.45, 7) is 2.59. The first-order chi connectivity index (χ1) is 16.3. The summed E-state index contributed by atoms with van der Waals surface area (Å²) in [4.78, 5) is 11.4. The molecule has 2 atom stereocenters. The molecule has 2 aromatic rings. The maximum Gasteiger partial charge on any atom is 0.266 e. The van der Waals surface area contributed by atoms with Crippen molar-refractivity contribution in [2.24, 2.45) is 11.8 Å². The van der Waals surface area contributed by atoms with Crippen LogP contribution in [-0.2, 0) is 9.84 Å². The van der Waals surface area contributed by atoms with Gasteiger partial charge in [0, 0.05) is 37.5 Å². The quantitative estimate of drug-likeness (QED) is 0.524. The highest BCUT2D eigenvalue weighted by Crippen LogP contribution is 2.64. The number of hydrogen-bond donors (Lipinski definition) is 0. The molecule has 3 fully saturated rings. The van der Waals surface area contributed by atoms with E-state index in [0.717, 1.165) is 43.2 Å². The highest BCUT2D eigenvalue weighted by molar-refractivity contribution is 7.90. The molecule has 3 heterocycles. The van der Waals surface area contributed by atoms with E-state index in [1.54, 1.807) is 12.1 Å². The summed E-state index contributed by atoms with van der Waals surface area (Å²) >= 11 is 0. The Morgan fingerprint density at radius 2 is 1.94 bits per heavy atom. The topological polar surface area (TPSA) is 98.4 Å². The van der Waals surface area contributed by atoms with Crippen molar-refractivity contribution in [3.8, 4) is 5.88 Å². The van der Waals surface area contributed by atoms with E-state index in [2.05, 4.69) is 22.9 Å². The summed E-state index contributed by atoms with van der Waals surface area (Å²) in [5.74, 6) is 4.02. The zero-order chi connectivity index (χ0) is 23.8. The molecule has 8 nitrogen and oxygen atoms in total. The van der Waals surface area contributed by atoms with Gasteiger partial charge in [-0.15, -0.1) is 0 Å².